The first-order valence-corrected chi connectivity index (χ1v) is 11.1. The fourth-order valence-corrected chi connectivity index (χ4v) is 6.28. The predicted octanol–water partition coefficient (Wildman–Crippen LogP) is 1.22. The number of likely N-dealkylation sites (N-methyl/N-ethyl adjacent to an activating group) is 1. The Balaban J connectivity index is 2.00. The van der Waals surface area contributed by atoms with E-state index in [9.17, 15) is 34.8 Å². The Morgan fingerprint density at radius 1 is 1.28 bits per heavy atom. The molecule has 11 heteroatoms. The maximum Gasteiger partial charge on any atom is 0.255 e. The SMILES string of the molecule is CN(C)[C@@H]1C(=O)C(C(N)=O)=C(O)[C@@]2(O)C(=O)C3=C(O)c4c(O)c(I)cc(Cl)c4C[C@H]3C[C@@H]12. The third-order valence-corrected chi connectivity index (χ3v) is 7.78. The number of rotatable bonds is 2. The third kappa shape index (κ3) is 2.86. The summed E-state index contributed by atoms with van der Waals surface area (Å²) in [5.74, 6) is -6.80. The van der Waals surface area contributed by atoms with Gasteiger partial charge < -0.3 is 26.2 Å². The normalized spacial score (nSPS) is 29.8. The van der Waals surface area contributed by atoms with Gasteiger partial charge in [-0.3, -0.25) is 19.3 Å². The van der Waals surface area contributed by atoms with E-state index in [-0.39, 0.29) is 29.7 Å². The first-order chi connectivity index (χ1) is 14.8. The quantitative estimate of drug-likeness (QED) is 0.260. The molecule has 1 aromatic carbocycles. The van der Waals surface area contributed by atoms with Gasteiger partial charge in [-0.2, -0.15) is 0 Å². The number of carbonyl (C=O) groups excluding carboxylic acids is 3. The van der Waals surface area contributed by atoms with Gasteiger partial charge in [0.05, 0.1) is 15.2 Å². The standard InChI is InChI=1S/C21H20ClIN2O7/c1-25(2)14-8-4-6-3-7-9(22)5-10(23)15(26)12(7)16(27)11(6)18(29)21(8,32)19(30)13(17(14)28)20(24)31/h5-6,8,14,26-27,30,32H,3-4H2,1-2H3,(H2,24,31)/t6-,8-,14-,21-/m0/s1. The van der Waals surface area contributed by atoms with Crippen LogP contribution in [0.15, 0.2) is 23.0 Å². The Morgan fingerprint density at radius 3 is 2.47 bits per heavy atom. The number of carbonyl (C=O) groups is 3. The summed E-state index contributed by atoms with van der Waals surface area (Å²) in [6.45, 7) is 0. The smallest absolute Gasteiger partial charge is 0.255 e. The van der Waals surface area contributed by atoms with Crippen molar-refractivity contribution in [3.8, 4) is 5.75 Å². The van der Waals surface area contributed by atoms with Crippen molar-refractivity contribution in [2.75, 3.05) is 14.1 Å². The lowest BCUT2D eigenvalue weighted by molar-refractivity contribution is -0.153. The van der Waals surface area contributed by atoms with Gasteiger partial charge in [-0.05, 0) is 67.1 Å². The van der Waals surface area contributed by atoms with Crippen LogP contribution in [0, 0.1) is 15.4 Å². The first-order valence-electron chi connectivity index (χ1n) is 9.68. The van der Waals surface area contributed by atoms with E-state index < -0.39 is 58.0 Å². The summed E-state index contributed by atoms with van der Waals surface area (Å²) in [5.41, 5.74) is 2.02. The number of Topliss-reactive ketones (excluding diaryl/α,β-unsaturated/α-hetero) is 2. The van der Waals surface area contributed by atoms with Crippen LogP contribution in [0.4, 0.5) is 0 Å². The van der Waals surface area contributed by atoms with E-state index in [1.54, 1.807) is 14.1 Å². The van der Waals surface area contributed by atoms with Gasteiger partial charge in [0.15, 0.2) is 11.4 Å². The van der Waals surface area contributed by atoms with Gasteiger partial charge >= 0.3 is 0 Å². The summed E-state index contributed by atoms with van der Waals surface area (Å²) in [6.07, 6.45) is 0.187. The van der Waals surface area contributed by atoms with Crippen LogP contribution in [0.5, 0.6) is 5.75 Å². The summed E-state index contributed by atoms with van der Waals surface area (Å²) in [4.78, 5) is 40.0. The molecule has 0 heterocycles. The van der Waals surface area contributed by atoms with Crippen molar-refractivity contribution in [1.82, 2.24) is 4.90 Å². The van der Waals surface area contributed by atoms with E-state index in [1.165, 1.54) is 11.0 Å². The fraction of sp³-hybridized carbons (Fsp3) is 0.381. The number of aromatic hydroxyl groups is 1. The van der Waals surface area contributed by atoms with Gasteiger partial charge in [-0.15, -0.1) is 0 Å². The number of ketones is 2. The molecular formula is C21H20ClIN2O7. The molecule has 4 atom stereocenters. The third-order valence-electron chi connectivity index (χ3n) is 6.62. The number of primary amides is 1. The average Bonchev–Trinajstić information content (AvgIpc) is 2.68. The van der Waals surface area contributed by atoms with Crippen molar-refractivity contribution in [3.63, 3.8) is 0 Å². The predicted molar refractivity (Wildman–Crippen MR) is 122 cm³/mol. The molecule has 1 amide bonds. The van der Waals surface area contributed by atoms with Crippen LogP contribution in [0.3, 0.4) is 0 Å². The molecule has 4 rings (SSSR count). The molecule has 3 aliphatic rings. The number of benzene rings is 1. The minimum absolute atomic E-state index is 0.0156. The van der Waals surface area contributed by atoms with Gasteiger partial charge in [0.2, 0.25) is 5.78 Å². The number of aliphatic hydroxyl groups is 3. The Morgan fingerprint density at radius 2 is 1.91 bits per heavy atom. The van der Waals surface area contributed by atoms with Crippen molar-refractivity contribution >= 4 is 57.4 Å². The highest BCUT2D eigenvalue weighted by atomic mass is 127. The summed E-state index contributed by atoms with van der Waals surface area (Å²) in [5, 5.41) is 44.1. The first kappa shape index (κ1) is 23.0. The second-order valence-corrected chi connectivity index (χ2v) is 10.1. The number of hydrogen-bond donors (Lipinski definition) is 5. The molecule has 3 aliphatic carbocycles. The molecule has 9 nitrogen and oxygen atoms in total. The number of amides is 1. The Kier molecular flexibility index (Phi) is 5.35. The van der Waals surface area contributed by atoms with Crippen molar-refractivity contribution in [2.45, 2.75) is 24.5 Å². The zero-order chi connectivity index (χ0) is 23.9. The zero-order valence-electron chi connectivity index (χ0n) is 17.0. The molecule has 0 radical (unpaired) electrons. The lowest BCUT2D eigenvalue weighted by Gasteiger charge is -2.50. The van der Waals surface area contributed by atoms with E-state index in [0.717, 1.165) is 0 Å². The molecule has 0 spiro atoms. The van der Waals surface area contributed by atoms with Crippen LogP contribution in [-0.4, -0.2) is 68.5 Å². The van der Waals surface area contributed by atoms with Gasteiger partial charge in [-0.25, -0.2) is 0 Å². The summed E-state index contributed by atoms with van der Waals surface area (Å²) < 4.78 is 0.353. The summed E-state index contributed by atoms with van der Waals surface area (Å²) in [6, 6.07) is 0.420. The molecule has 1 saturated carbocycles. The molecule has 32 heavy (non-hydrogen) atoms. The number of phenols is 1. The van der Waals surface area contributed by atoms with Gasteiger partial charge in [0.1, 0.15) is 22.8 Å². The molecule has 0 aromatic heterocycles. The molecule has 170 valence electrons. The Hall–Kier alpha value is -2.15. The van der Waals surface area contributed by atoms with Gasteiger partial charge in [0.25, 0.3) is 5.91 Å². The average molecular weight is 575 g/mol. The number of fused-ring (bicyclic) bond motifs is 3. The second kappa shape index (κ2) is 7.44. The summed E-state index contributed by atoms with van der Waals surface area (Å²) in [7, 11) is 3.09. The van der Waals surface area contributed by atoms with Crippen LogP contribution < -0.4 is 5.73 Å². The summed E-state index contributed by atoms with van der Waals surface area (Å²) >= 11 is 8.18. The highest BCUT2D eigenvalue weighted by Gasteiger charge is 2.64. The van der Waals surface area contributed by atoms with Crippen LogP contribution in [-0.2, 0) is 20.8 Å². The molecule has 1 aromatic rings. The minimum atomic E-state index is -2.65. The maximum atomic E-state index is 13.6. The highest BCUT2D eigenvalue weighted by molar-refractivity contribution is 14.1. The lowest BCUT2D eigenvalue weighted by atomic mass is 9.57. The van der Waals surface area contributed by atoms with Gasteiger partial charge in [-0.1, -0.05) is 11.6 Å². The molecule has 1 fully saturated rings. The van der Waals surface area contributed by atoms with E-state index in [0.29, 0.717) is 14.2 Å². The zero-order valence-corrected chi connectivity index (χ0v) is 19.9. The number of nitrogens with two attached hydrogens (primary N) is 1. The molecular weight excluding hydrogens is 555 g/mol. The van der Waals surface area contributed by atoms with Crippen molar-refractivity contribution in [3.05, 3.63) is 42.7 Å². The molecule has 0 bridgehead atoms. The van der Waals surface area contributed by atoms with Crippen LogP contribution >= 0.6 is 34.2 Å². The van der Waals surface area contributed by atoms with Crippen molar-refractivity contribution in [2.24, 2.45) is 17.6 Å². The molecule has 0 unspecified atom stereocenters. The topological polar surface area (TPSA) is 161 Å². The van der Waals surface area contributed by atoms with E-state index in [4.69, 9.17) is 17.3 Å². The molecule has 0 saturated heterocycles. The monoisotopic (exact) mass is 574 g/mol. The number of hydrogen-bond acceptors (Lipinski definition) is 8. The molecule has 0 aliphatic heterocycles. The van der Waals surface area contributed by atoms with Crippen molar-refractivity contribution in [1.29, 1.82) is 0 Å². The number of halogens is 2. The number of nitrogens with zero attached hydrogens (tertiary/aromatic N) is 1. The number of aliphatic hydroxyl groups excluding tert-OH is 2. The van der Waals surface area contributed by atoms with E-state index in [2.05, 4.69) is 0 Å². The van der Waals surface area contributed by atoms with Crippen LogP contribution in [0.1, 0.15) is 17.5 Å². The Bertz CT molecular complexity index is 1180. The van der Waals surface area contributed by atoms with E-state index >= 15 is 0 Å². The van der Waals surface area contributed by atoms with Crippen LogP contribution in [0.2, 0.25) is 5.02 Å². The highest BCUT2D eigenvalue weighted by Crippen LogP contribution is 2.53. The second-order valence-electron chi connectivity index (χ2n) is 8.50. The maximum absolute atomic E-state index is 13.6. The largest absolute Gasteiger partial charge is 0.508 e. The van der Waals surface area contributed by atoms with Gasteiger partial charge in [0, 0.05) is 16.5 Å². The van der Waals surface area contributed by atoms with Crippen LogP contribution in [0.25, 0.3) is 5.76 Å². The fourth-order valence-electron chi connectivity index (χ4n) is 5.24. The lowest BCUT2D eigenvalue weighted by Crippen LogP contribution is -2.65. The Labute approximate surface area is 201 Å². The minimum Gasteiger partial charge on any atom is -0.508 e. The number of phenolic OH excluding ortho intramolecular Hbond substituents is 1. The molecule has 6 N–H and O–H groups in total. The van der Waals surface area contributed by atoms with E-state index in [1.807, 2.05) is 22.6 Å². The van der Waals surface area contributed by atoms with Crippen molar-refractivity contribution < 1.29 is 34.8 Å².